The van der Waals surface area contributed by atoms with Gasteiger partial charge in [-0.25, -0.2) is 10.5 Å². The molecule has 0 aromatic heterocycles. The molecule has 0 aliphatic heterocycles. The third-order valence-corrected chi connectivity index (χ3v) is 2.69. The Balaban J connectivity index is 4.02. The summed E-state index contributed by atoms with van der Waals surface area (Å²) in [5.74, 6) is 5.01. The number of aliphatic hydroxyl groups is 1. The maximum Gasteiger partial charge on any atom is 0.469 e. The summed E-state index contributed by atoms with van der Waals surface area (Å²) in [6.45, 7) is 1.87. The Hall–Kier alpha value is -0.310. The molecule has 0 spiro atoms. The van der Waals surface area contributed by atoms with Crippen LogP contribution in [0.4, 0.5) is 0 Å². The van der Waals surface area contributed by atoms with Crippen LogP contribution < -0.4 is 11.6 Å². The van der Waals surface area contributed by atoms with Crippen molar-refractivity contribution < 1.29 is 28.8 Å². The number of nitrogens with two attached hydrogens (primary N) is 2. The van der Waals surface area contributed by atoms with E-state index in [-0.39, 0.29) is 5.92 Å². The van der Waals surface area contributed by atoms with Crippen LogP contribution in [0.1, 0.15) is 13.3 Å². The van der Waals surface area contributed by atoms with Crippen molar-refractivity contribution in [2.24, 2.45) is 17.5 Å². The molecule has 7 N–H and O–H groups in total. The average molecular weight is 284 g/mol. The number of phosphoric ester groups is 1. The Morgan fingerprint density at radius 1 is 1.39 bits per heavy atom. The lowest BCUT2D eigenvalue weighted by Gasteiger charge is -2.16. The van der Waals surface area contributed by atoms with E-state index in [0.29, 0.717) is 13.0 Å². The maximum atomic E-state index is 10.4. The summed E-state index contributed by atoms with van der Waals surface area (Å²) in [6.07, 6.45) is 2.82. The Morgan fingerprint density at radius 3 is 2.50 bits per heavy atom. The van der Waals surface area contributed by atoms with Gasteiger partial charge >= 0.3 is 7.82 Å². The molecule has 0 saturated heterocycles. The van der Waals surface area contributed by atoms with Crippen LogP contribution in [0.15, 0.2) is 12.2 Å². The molecule has 0 aliphatic carbocycles. The van der Waals surface area contributed by atoms with E-state index in [4.69, 9.17) is 21.4 Å². The van der Waals surface area contributed by atoms with Crippen LogP contribution in [0.3, 0.4) is 0 Å². The Bertz CT molecular complexity index is 295. The summed E-state index contributed by atoms with van der Waals surface area (Å²) in [5, 5.41) is 9.59. The van der Waals surface area contributed by atoms with Crippen LogP contribution in [-0.4, -0.2) is 40.3 Å². The fraction of sp³-hybridized carbons (Fsp3) is 0.778. The molecular weight excluding hydrogens is 263 g/mol. The summed E-state index contributed by atoms with van der Waals surface area (Å²) in [7, 11) is -4.56. The minimum Gasteiger partial charge on any atom is -0.387 e. The molecule has 18 heavy (non-hydrogen) atoms. The standard InChI is InChI=1S/C9H21N2O6P/c1-7(4-5-16-11)2-3-9(12)8(10)6-17-18(13,14)15/h2-3,7-9,12H,4-6,10-11H2,1H3,(H2,13,14,15)/b3-2+/t7?,8-,9+/m0/s1. The second-order valence-electron chi connectivity index (χ2n) is 3.96. The van der Waals surface area contributed by atoms with E-state index in [9.17, 15) is 9.67 Å². The molecule has 8 nitrogen and oxygen atoms in total. The fourth-order valence-corrected chi connectivity index (χ4v) is 1.44. The number of rotatable bonds is 9. The summed E-state index contributed by atoms with van der Waals surface area (Å²) in [6, 6.07) is -0.910. The first kappa shape index (κ1) is 17.7. The van der Waals surface area contributed by atoms with E-state index in [2.05, 4.69) is 9.36 Å². The van der Waals surface area contributed by atoms with Crippen LogP contribution in [0.5, 0.6) is 0 Å². The summed E-state index contributed by atoms with van der Waals surface area (Å²) >= 11 is 0. The normalized spacial score (nSPS) is 17.9. The molecule has 3 atom stereocenters. The van der Waals surface area contributed by atoms with Crippen molar-refractivity contribution >= 4 is 7.82 Å². The molecule has 0 saturated carbocycles. The predicted octanol–water partition coefficient (Wildman–Crippen LogP) is -0.743. The number of hydrogen-bond acceptors (Lipinski definition) is 6. The topological polar surface area (TPSA) is 148 Å². The van der Waals surface area contributed by atoms with Crippen molar-refractivity contribution in [2.45, 2.75) is 25.5 Å². The van der Waals surface area contributed by atoms with Crippen molar-refractivity contribution in [1.29, 1.82) is 0 Å². The zero-order valence-electron chi connectivity index (χ0n) is 10.2. The highest BCUT2D eigenvalue weighted by Gasteiger charge is 2.19. The number of hydrogen-bond donors (Lipinski definition) is 5. The van der Waals surface area contributed by atoms with Crippen LogP contribution in [0.25, 0.3) is 0 Å². The van der Waals surface area contributed by atoms with Gasteiger partial charge in [0.25, 0.3) is 0 Å². The molecule has 108 valence electrons. The third kappa shape index (κ3) is 9.69. The monoisotopic (exact) mass is 284 g/mol. The molecule has 0 bridgehead atoms. The summed E-state index contributed by atoms with van der Waals surface area (Å²) < 4.78 is 14.6. The second kappa shape index (κ2) is 8.73. The first-order chi connectivity index (χ1) is 8.26. The smallest absolute Gasteiger partial charge is 0.387 e. The summed E-state index contributed by atoms with van der Waals surface area (Å²) in [4.78, 5) is 21.4. The van der Waals surface area contributed by atoms with E-state index in [1.54, 1.807) is 6.08 Å². The largest absolute Gasteiger partial charge is 0.469 e. The molecule has 0 aromatic carbocycles. The van der Waals surface area contributed by atoms with Gasteiger partial charge in [0.2, 0.25) is 0 Å². The van der Waals surface area contributed by atoms with Crippen molar-refractivity contribution in [3.8, 4) is 0 Å². The zero-order chi connectivity index (χ0) is 14.2. The molecular formula is C9H21N2O6P. The van der Waals surface area contributed by atoms with Crippen LogP contribution in [0.2, 0.25) is 0 Å². The molecule has 0 fully saturated rings. The van der Waals surface area contributed by atoms with E-state index >= 15 is 0 Å². The lowest BCUT2D eigenvalue weighted by Crippen LogP contribution is -2.37. The van der Waals surface area contributed by atoms with Gasteiger partial charge in [-0.1, -0.05) is 19.1 Å². The highest BCUT2D eigenvalue weighted by Crippen LogP contribution is 2.35. The molecule has 1 unspecified atom stereocenters. The first-order valence-corrected chi connectivity index (χ1v) is 6.93. The molecule has 0 rings (SSSR count). The van der Waals surface area contributed by atoms with Gasteiger partial charge in [-0.05, 0) is 12.3 Å². The molecule has 0 radical (unpaired) electrons. The van der Waals surface area contributed by atoms with Gasteiger partial charge in [0.05, 0.1) is 25.4 Å². The number of phosphoric acid groups is 1. The van der Waals surface area contributed by atoms with Crippen molar-refractivity contribution in [2.75, 3.05) is 13.2 Å². The zero-order valence-corrected chi connectivity index (χ0v) is 11.1. The molecule has 9 heteroatoms. The lowest BCUT2D eigenvalue weighted by atomic mass is 10.1. The van der Waals surface area contributed by atoms with Gasteiger partial charge in [0, 0.05) is 0 Å². The second-order valence-corrected chi connectivity index (χ2v) is 5.20. The molecule has 0 amide bonds. The van der Waals surface area contributed by atoms with Crippen molar-refractivity contribution in [3.63, 3.8) is 0 Å². The van der Waals surface area contributed by atoms with Crippen molar-refractivity contribution in [1.82, 2.24) is 0 Å². The van der Waals surface area contributed by atoms with Gasteiger partial charge in [0.1, 0.15) is 0 Å². The highest BCUT2D eigenvalue weighted by molar-refractivity contribution is 7.46. The van der Waals surface area contributed by atoms with Crippen LogP contribution in [0, 0.1) is 5.92 Å². The van der Waals surface area contributed by atoms with Crippen LogP contribution in [-0.2, 0) is 13.9 Å². The number of allylic oxidation sites excluding steroid dienone is 1. The fourth-order valence-electron chi connectivity index (χ4n) is 1.08. The van der Waals surface area contributed by atoms with E-state index in [1.807, 2.05) is 6.92 Å². The molecule has 0 aliphatic rings. The minimum atomic E-state index is -4.56. The van der Waals surface area contributed by atoms with Crippen LogP contribution >= 0.6 is 7.82 Å². The first-order valence-electron chi connectivity index (χ1n) is 5.40. The van der Waals surface area contributed by atoms with E-state index in [0.717, 1.165) is 0 Å². The third-order valence-electron chi connectivity index (χ3n) is 2.20. The van der Waals surface area contributed by atoms with E-state index < -0.39 is 26.6 Å². The SMILES string of the molecule is CC(/C=C/[C@@H](O)[C@@H](N)COP(=O)(O)O)CCON. The summed E-state index contributed by atoms with van der Waals surface area (Å²) in [5.41, 5.74) is 5.50. The molecule has 0 heterocycles. The lowest BCUT2D eigenvalue weighted by molar-refractivity contribution is 0.125. The van der Waals surface area contributed by atoms with E-state index in [1.165, 1.54) is 6.08 Å². The maximum absolute atomic E-state index is 10.4. The van der Waals surface area contributed by atoms with Gasteiger partial charge in [0.15, 0.2) is 0 Å². The average Bonchev–Trinajstić information content (AvgIpc) is 2.29. The van der Waals surface area contributed by atoms with Gasteiger partial charge in [-0.3, -0.25) is 4.52 Å². The molecule has 0 aromatic rings. The predicted molar refractivity (Wildman–Crippen MR) is 65.0 cm³/mol. The Labute approximate surface area is 106 Å². The Kier molecular flexibility index (Phi) is 8.58. The Morgan fingerprint density at radius 2 is 2.00 bits per heavy atom. The van der Waals surface area contributed by atoms with Gasteiger partial charge < -0.3 is 25.5 Å². The number of aliphatic hydroxyl groups excluding tert-OH is 1. The quantitative estimate of drug-likeness (QED) is 0.211. The highest BCUT2D eigenvalue weighted by atomic mass is 31.2. The van der Waals surface area contributed by atoms with Gasteiger partial charge in [-0.2, -0.15) is 0 Å². The van der Waals surface area contributed by atoms with Crippen molar-refractivity contribution in [3.05, 3.63) is 12.2 Å². The minimum absolute atomic E-state index is 0.137. The van der Waals surface area contributed by atoms with Gasteiger partial charge in [-0.15, -0.1) is 0 Å².